The van der Waals surface area contributed by atoms with Gasteiger partial charge in [0.05, 0.1) is 49.4 Å². The van der Waals surface area contributed by atoms with Gasteiger partial charge in [-0.2, -0.15) is 127 Å². The number of benzene rings is 7. The molecule has 0 amide bonds. The first-order chi connectivity index (χ1) is 36.9. The van der Waals surface area contributed by atoms with Crippen molar-refractivity contribution in [2.75, 3.05) is 0 Å². The minimum atomic E-state index is -6.13. The zero-order chi connectivity index (χ0) is 60.9. The highest BCUT2D eigenvalue weighted by Gasteiger charge is 2.47. The van der Waals surface area contributed by atoms with E-state index in [0.29, 0.717) is 5.75 Å². The molecule has 30 heteroatoms. The van der Waals surface area contributed by atoms with Crippen molar-refractivity contribution in [2.45, 2.75) is 65.0 Å². The van der Waals surface area contributed by atoms with Gasteiger partial charge in [-0.15, -0.1) is 0 Å². The van der Waals surface area contributed by atoms with Crippen LogP contribution in [0.2, 0.25) is 0 Å². The van der Waals surface area contributed by atoms with Crippen LogP contribution < -0.4 is 21.9 Å². The van der Waals surface area contributed by atoms with Gasteiger partial charge in [0, 0.05) is 17.7 Å². The summed E-state index contributed by atoms with van der Waals surface area (Å²) in [6.45, 7) is 0. The van der Waals surface area contributed by atoms with E-state index in [0.717, 1.165) is 15.4 Å². The van der Waals surface area contributed by atoms with E-state index in [1.54, 1.807) is 12.1 Å². The molecule has 0 saturated carbocycles. The maximum atomic E-state index is 14.2. The standard InChI is InChI=1S/C32H12BF24.C19H16NO3S/c34-25(35,36)13-1-14(26(37,38)39)6-21(5-13)33(22-7-15(27(40,41)42)2-16(8-22)28(43,44)45,23-9-17(29(46,47)48)3-18(10-23)30(49,50)51)24-11-19(31(52,53)54)4-20(12-24)32(55,56)57;21-20(22)17-13-11-16(12-14-17)15-24(23,18-7-3-1-4-8-18)19-9-5-2-6-10-19/h1-12H;1-14H,15H2/q-1;+1. The zero-order valence-corrected chi connectivity index (χ0v) is 40.3. The van der Waals surface area contributed by atoms with Crippen LogP contribution in [-0.4, -0.2) is 11.1 Å². The van der Waals surface area contributed by atoms with E-state index >= 15 is 0 Å². The van der Waals surface area contributed by atoms with Gasteiger partial charge in [0.1, 0.15) is 11.9 Å². The molecule has 7 aromatic rings. The van der Waals surface area contributed by atoms with Gasteiger partial charge < -0.3 is 0 Å². The number of nitro groups is 1. The fraction of sp³-hybridized carbons (Fsp3) is 0.176. The minimum absolute atomic E-state index is 0.0321. The summed E-state index contributed by atoms with van der Waals surface area (Å²) in [5.41, 5.74) is -29.4. The van der Waals surface area contributed by atoms with Crippen LogP contribution in [0.5, 0.6) is 0 Å². The number of halogens is 24. The SMILES string of the molecule is FC(F)(F)c1cc([B-](c2cc(C(F)(F)F)cc(C(F)(F)F)c2)(c2cc(C(F)(F)F)cc(C(F)(F)F)c2)c2cc(C(F)(F)F)cc(C(F)(F)F)c2)cc(C(F)(F)F)c1.O=[N+]([O-])c1ccc(C[S+](=O)(c2ccccc2)c2ccccc2)cc1. The van der Waals surface area contributed by atoms with E-state index in [1.165, 1.54) is 12.1 Å². The van der Waals surface area contributed by atoms with E-state index in [2.05, 4.69) is 0 Å². The van der Waals surface area contributed by atoms with Crippen molar-refractivity contribution in [2.24, 2.45) is 0 Å². The number of nitro benzene ring substituents is 1. The molecular formula is C51H28BF24NO3S. The Balaban J connectivity index is 0.000000363. The van der Waals surface area contributed by atoms with Crippen molar-refractivity contribution in [1.82, 2.24) is 0 Å². The molecule has 0 aliphatic rings. The third-order valence-corrected chi connectivity index (χ3v) is 15.0. The zero-order valence-electron chi connectivity index (χ0n) is 39.4. The fourth-order valence-corrected chi connectivity index (χ4v) is 11.1. The topological polar surface area (TPSA) is 60.2 Å². The van der Waals surface area contributed by atoms with Crippen molar-refractivity contribution in [3.63, 3.8) is 0 Å². The van der Waals surface area contributed by atoms with Gasteiger partial charge in [0.25, 0.3) is 5.69 Å². The van der Waals surface area contributed by atoms with Crippen LogP contribution in [0.25, 0.3) is 0 Å². The normalized spacial score (nSPS) is 13.4. The van der Waals surface area contributed by atoms with E-state index < -0.39 is 210 Å². The molecule has 0 fully saturated rings. The Morgan fingerprint density at radius 2 is 0.543 bits per heavy atom. The first kappa shape index (κ1) is 62.7. The maximum Gasteiger partial charge on any atom is 0.416 e. The van der Waals surface area contributed by atoms with Crippen LogP contribution in [0.1, 0.15) is 50.1 Å². The quantitative estimate of drug-likeness (QED) is 0.0476. The molecule has 0 saturated heterocycles. The first-order valence-corrected chi connectivity index (χ1v) is 23.8. The molecule has 7 rings (SSSR count). The lowest BCUT2D eigenvalue weighted by molar-refractivity contribution is -0.384. The van der Waals surface area contributed by atoms with Crippen molar-refractivity contribution in [1.29, 1.82) is 0 Å². The second-order valence-electron chi connectivity index (χ2n) is 17.6. The molecule has 7 aromatic carbocycles. The summed E-state index contributed by atoms with van der Waals surface area (Å²) < 4.78 is 355. The molecule has 0 spiro atoms. The second-order valence-corrected chi connectivity index (χ2v) is 20.2. The second kappa shape index (κ2) is 21.7. The van der Waals surface area contributed by atoms with Crippen LogP contribution in [0.4, 0.5) is 111 Å². The molecule has 0 N–H and O–H groups in total. The predicted octanol–water partition coefficient (Wildman–Crippen LogP) is 15.9. The lowest BCUT2D eigenvalue weighted by atomic mass is 9.12. The van der Waals surface area contributed by atoms with E-state index in [9.17, 15) is 120 Å². The van der Waals surface area contributed by atoms with Crippen molar-refractivity contribution < 1.29 is 115 Å². The minimum Gasteiger partial charge on any atom is -0.258 e. The summed E-state index contributed by atoms with van der Waals surface area (Å²) in [6.07, 6.45) is -54.8. The van der Waals surface area contributed by atoms with E-state index in [4.69, 9.17) is 0 Å². The van der Waals surface area contributed by atoms with Crippen LogP contribution in [0.15, 0.2) is 168 Å². The summed E-state index contributed by atoms with van der Waals surface area (Å²) in [4.78, 5) is 11.9. The number of rotatable bonds is 9. The number of hydrogen-bond acceptors (Lipinski definition) is 3. The molecule has 0 aliphatic carbocycles. The summed E-state index contributed by atoms with van der Waals surface area (Å²) in [5.74, 6) is 0.305. The molecule has 0 aliphatic heterocycles. The van der Waals surface area contributed by atoms with Crippen LogP contribution in [0.3, 0.4) is 0 Å². The van der Waals surface area contributed by atoms with Gasteiger partial charge in [-0.3, -0.25) is 10.1 Å². The summed E-state index contributed by atoms with van der Waals surface area (Å²) in [5, 5.41) is 10.8. The molecule has 0 heterocycles. The third-order valence-electron chi connectivity index (χ3n) is 12.2. The van der Waals surface area contributed by atoms with Crippen molar-refractivity contribution in [3.8, 4) is 0 Å². The molecular weight excluding hydrogens is 1170 g/mol. The smallest absolute Gasteiger partial charge is 0.258 e. The Morgan fingerprint density at radius 1 is 0.333 bits per heavy atom. The van der Waals surface area contributed by atoms with Gasteiger partial charge in [-0.05, 0) is 60.7 Å². The molecule has 4 nitrogen and oxygen atoms in total. The van der Waals surface area contributed by atoms with Gasteiger partial charge in [0.15, 0.2) is 19.7 Å². The number of non-ortho nitro benzene ring substituents is 1. The number of alkyl halides is 24. The Bertz CT molecular complexity index is 2970. The lowest BCUT2D eigenvalue weighted by Gasteiger charge is -2.46. The Morgan fingerprint density at radius 3 is 0.728 bits per heavy atom. The highest BCUT2D eigenvalue weighted by molar-refractivity contribution is 8.02. The monoisotopic (exact) mass is 1200 g/mol. The van der Waals surface area contributed by atoms with Crippen LogP contribution >= 0.6 is 0 Å². The van der Waals surface area contributed by atoms with Crippen LogP contribution in [-0.2, 0) is 69.3 Å². The maximum absolute atomic E-state index is 14.2. The molecule has 81 heavy (non-hydrogen) atoms. The van der Waals surface area contributed by atoms with Gasteiger partial charge >= 0.3 is 49.4 Å². The predicted molar refractivity (Wildman–Crippen MR) is 244 cm³/mol. The molecule has 0 unspecified atom stereocenters. The van der Waals surface area contributed by atoms with E-state index in [1.807, 2.05) is 60.7 Å². The Kier molecular flexibility index (Phi) is 16.8. The Hall–Kier alpha value is -7.53. The highest BCUT2D eigenvalue weighted by atomic mass is 32.2. The number of nitrogens with zero attached hydrogens (tertiary/aromatic N) is 1. The summed E-state index contributed by atoms with van der Waals surface area (Å²) >= 11 is 0. The van der Waals surface area contributed by atoms with Gasteiger partial charge in [-0.1, -0.05) is 89.1 Å². The molecule has 432 valence electrons. The van der Waals surface area contributed by atoms with Crippen molar-refractivity contribution >= 4 is 43.6 Å². The van der Waals surface area contributed by atoms with Gasteiger partial charge in [0.2, 0.25) is 0 Å². The molecule has 0 bridgehead atoms. The molecule has 0 aromatic heterocycles. The summed E-state index contributed by atoms with van der Waals surface area (Å²) in [6, 6.07) is 16.1. The van der Waals surface area contributed by atoms with Crippen LogP contribution in [0, 0.1) is 10.1 Å². The largest absolute Gasteiger partial charge is 0.416 e. The number of hydrogen-bond donors (Lipinski definition) is 0. The fourth-order valence-electron chi connectivity index (χ4n) is 8.60. The average molecular weight is 1200 g/mol. The third kappa shape index (κ3) is 14.2. The summed E-state index contributed by atoms with van der Waals surface area (Å²) in [7, 11) is -2.50. The first-order valence-electron chi connectivity index (χ1n) is 22.1. The Labute approximate surface area is 440 Å². The molecule has 0 atom stereocenters. The lowest BCUT2D eigenvalue weighted by Crippen LogP contribution is -2.75. The van der Waals surface area contributed by atoms with Gasteiger partial charge in [-0.25, -0.2) is 0 Å². The molecule has 0 radical (unpaired) electrons. The highest BCUT2D eigenvalue weighted by Crippen LogP contribution is 2.42. The van der Waals surface area contributed by atoms with E-state index in [-0.39, 0.29) is 5.69 Å². The van der Waals surface area contributed by atoms with Crippen molar-refractivity contribution in [3.05, 3.63) is 218 Å². The average Bonchev–Trinajstić information content (AvgIpc) is 3.49.